The summed E-state index contributed by atoms with van der Waals surface area (Å²) in [5.41, 5.74) is 13.1. The molecule has 2 heterocycles. The Bertz CT molecular complexity index is 1280. The minimum absolute atomic E-state index is 0.0378. The molecule has 198 valence electrons. The van der Waals surface area contributed by atoms with Crippen molar-refractivity contribution in [1.29, 1.82) is 0 Å². The molecule has 0 aliphatic carbocycles. The Labute approximate surface area is 211 Å². The molecule has 4 rings (SSSR count). The summed E-state index contributed by atoms with van der Waals surface area (Å²) in [5, 5.41) is 17.6. The third-order valence-electron chi connectivity index (χ3n) is 6.50. The lowest BCUT2D eigenvalue weighted by Gasteiger charge is -2.19. The molecule has 2 aromatic carbocycles. The quantitative estimate of drug-likeness (QED) is 0.320. The smallest absolute Gasteiger partial charge is 0.283 e. The molecule has 1 aliphatic rings. The molecule has 2 atom stereocenters. The number of primary amides is 1. The van der Waals surface area contributed by atoms with Gasteiger partial charge >= 0.3 is 0 Å². The van der Waals surface area contributed by atoms with E-state index in [1.807, 2.05) is 0 Å². The van der Waals surface area contributed by atoms with Crippen molar-refractivity contribution in [1.82, 2.24) is 20.0 Å². The molecule has 6 N–H and O–H groups in total. The van der Waals surface area contributed by atoms with Gasteiger partial charge in [-0.3, -0.25) is 15.0 Å². The number of alkyl halides is 2. The summed E-state index contributed by atoms with van der Waals surface area (Å²) in [7, 11) is 1.42. The van der Waals surface area contributed by atoms with E-state index in [4.69, 9.17) is 16.2 Å². The fraction of sp³-hybridized carbons (Fsp3) is 0.360. The van der Waals surface area contributed by atoms with Crippen LogP contribution in [-0.2, 0) is 6.54 Å². The van der Waals surface area contributed by atoms with Crippen LogP contribution in [0.15, 0.2) is 42.5 Å². The number of nitrogen functional groups attached to an aromatic ring is 1. The number of aromatic nitrogens is 2. The maximum absolute atomic E-state index is 14.7. The Morgan fingerprint density at radius 2 is 2.00 bits per heavy atom. The first kappa shape index (κ1) is 26.5. The number of nitrogens with two attached hydrogens (primary N) is 2. The summed E-state index contributed by atoms with van der Waals surface area (Å²) in [6.45, 7) is 2.05. The Balaban J connectivity index is 1.56. The monoisotopic (exact) mass is 518 g/mol. The number of halogens is 3. The maximum Gasteiger partial charge on any atom is 0.283 e. The number of likely N-dealkylation sites (tertiary alicyclic amines) is 1. The van der Waals surface area contributed by atoms with E-state index in [9.17, 15) is 23.1 Å². The standard InChI is InChI=1S/C25H29F3N6O3/c1-3-33-12-19(25(27,28)13-33)34-22(29)20(23(30)35)21(32-34)15-6-4-14(5-7-15)11-31-24(36)17-10-16(26)8-9-18(17)37-2/h4-10,19,24,31,36H,3,11-13,29H2,1-2H3,(H2,30,35). The molecule has 12 heteroatoms. The molecular weight excluding hydrogens is 489 g/mol. The summed E-state index contributed by atoms with van der Waals surface area (Å²) in [4.78, 5) is 13.8. The molecule has 3 aromatic rings. The Kier molecular flexibility index (Phi) is 7.44. The highest BCUT2D eigenvalue weighted by Gasteiger charge is 2.50. The van der Waals surface area contributed by atoms with E-state index in [0.29, 0.717) is 17.9 Å². The minimum Gasteiger partial charge on any atom is -0.496 e. The molecule has 0 bridgehead atoms. The van der Waals surface area contributed by atoms with Gasteiger partial charge in [-0.25, -0.2) is 17.9 Å². The van der Waals surface area contributed by atoms with Gasteiger partial charge < -0.3 is 21.3 Å². The number of nitrogens with one attached hydrogen (secondary N) is 1. The van der Waals surface area contributed by atoms with Gasteiger partial charge in [0, 0.05) is 24.2 Å². The number of rotatable bonds is 9. The highest BCUT2D eigenvalue weighted by atomic mass is 19.3. The second kappa shape index (κ2) is 10.4. The van der Waals surface area contributed by atoms with Gasteiger partial charge in [0.15, 0.2) is 0 Å². The molecule has 1 saturated heterocycles. The van der Waals surface area contributed by atoms with Gasteiger partial charge in [-0.05, 0) is 30.3 Å². The zero-order valence-corrected chi connectivity index (χ0v) is 20.4. The van der Waals surface area contributed by atoms with E-state index in [1.165, 1.54) is 25.3 Å². The van der Waals surface area contributed by atoms with Gasteiger partial charge in [-0.15, -0.1) is 0 Å². The molecular formula is C25H29F3N6O3. The molecule has 1 amide bonds. The average Bonchev–Trinajstić information content (AvgIpc) is 3.37. The highest BCUT2D eigenvalue weighted by Crippen LogP contribution is 2.40. The van der Waals surface area contributed by atoms with E-state index >= 15 is 0 Å². The highest BCUT2D eigenvalue weighted by molar-refractivity contribution is 6.03. The van der Waals surface area contributed by atoms with E-state index < -0.39 is 36.5 Å². The molecule has 2 unspecified atom stereocenters. The second-order valence-corrected chi connectivity index (χ2v) is 8.89. The van der Waals surface area contributed by atoms with Gasteiger partial charge in [0.25, 0.3) is 11.8 Å². The number of nitrogens with zero attached hydrogens (tertiary/aromatic N) is 3. The lowest BCUT2D eigenvalue weighted by molar-refractivity contribution is -0.0241. The molecule has 0 spiro atoms. The Hall–Kier alpha value is -3.61. The molecule has 9 nitrogen and oxygen atoms in total. The number of ether oxygens (including phenoxy) is 1. The van der Waals surface area contributed by atoms with Crippen molar-refractivity contribution in [2.75, 3.05) is 32.5 Å². The normalized spacial score (nSPS) is 18.2. The predicted molar refractivity (Wildman–Crippen MR) is 131 cm³/mol. The number of amides is 1. The fourth-order valence-corrected chi connectivity index (χ4v) is 4.50. The minimum atomic E-state index is -3.08. The second-order valence-electron chi connectivity index (χ2n) is 8.89. The van der Waals surface area contributed by atoms with Crippen LogP contribution >= 0.6 is 0 Å². The van der Waals surface area contributed by atoms with E-state index in [-0.39, 0.29) is 35.7 Å². The van der Waals surface area contributed by atoms with Crippen LogP contribution in [0.5, 0.6) is 5.75 Å². The van der Waals surface area contributed by atoms with Crippen LogP contribution in [0, 0.1) is 5.82 Å². The first-order chi connectivity index (χ1) is 17.6. The largest absolute Gasteiger partial charge is 0.496 e. The van der Waals surface area contributed by atoms with Gasteiger partial charge in [-0.1, -0.05) is 31.2 Å². The van der Waals surface area contributed by atoms with Crippen molar-refractivity contribution in [3.8, 4) is 17.0 Å². The van der Waals surface area contributed by atoms with Crippen LogP contribution in [0.3, 0.4) is 0 Å². The van der Waals surface area contributed by atoms with Crippen molar-refractivity contribution in [2.24, 2.45) is 5.73 Å². The number of aliphatic hydroxyl groups excluding tert-OH is 1. The molecule has 1 fully saturated rings. The zero-order chi connectivity index (χ0) is 26.9. The van der Waals surface area contributed by atoms with Crippen LogP contribution < -0.4 is 21.5 Å². The van der Waals surface area contributed by atoms with E-state index in [2.05, 4.69) is 10.4 Å². The molecule has 0 saturated carbocycles. The SMILES string of the molecule is CCN1CC(n2nc(-c3ccc(CNC(O)c4cc(F)ccc4OC)cc3)c(C(N)=O)c2N)C(F)(F)C1. The van der Waals surface area contributed by atoms with Crippen molar-refractivity contribution >= 4 is 11.7 Å². The lowest BCUT2D eigenvalue weighted by atomic mass is 10.0. The number of carbonyl (C=O) groups excluding carboxylic acids is 1. The number of methoxy groups -OCH3 is 1. The van der Waals surface area contributed by atoms with Crippen molar-refractivity contribution in [2.45, 2.75) is 31.7 Å². The number of hydrogen-bond donors (Lipinski definition) is 4. The molecule has 1 aliphatic heterocycles. The summed E-state index contributed by atoms with van der Waals surface area (Å²) in [6, 6.07) is 9.22. The molecule has 1 aromatic heterocycles. The lowest BCUT2D eigenvalue weighted by Crippen LogP contribution is -2.31. The summed E-state index contributed by atoms with van der Waals surface area (Å²) in [5.74, 6) is -4.34. The van der Waals surface area contributed by atoms with Crippen molar-refractivity contribution in [3.63, 3.8) is 0 Å². The topological polar surface area (TPSA) is 132 Å². The average molecular weight is 519 g/mol. The zero-order valence-electron chi connectivity index (χ0n) is 20.4. The first-order valence-electron chi connectivity index (χ1n) is 11.7. The Morgan fingerprint density at radius 3 is 2.59 bits per heavy atom. The maximum atomic E-state index is 14.7. The number of benzene rings is 2. The predicted octanol–water partition coefficient (Wildman–Crippen LogP) is 2.67. The summed E-state index contributed by atoms with van der Waals surface area (Å²) in [6.07, 6.45) is -1.20. The number of carbonyl (C=O) groups is 1. The van der Waals surface area contributed by atoms with Crippen LogP contribution in [0.25, 0.3) is 11.3 Å². The third-order valence-corrected chi connectivity index (χ3v) is 6.50. The van der Waals surface area contributed by atoms with Gasteiger partial charge in [0.05, 0.1) is 13.7 Å². The fourth-order valence-electron chi connectivity index (χ4n) is 4.50. The van der Waals surface area contributed by atoms with Crippen LogP contribution in [-0.4, -0.2) is 58.4 Å². The van der Waals surface area contributed by atoms with Gasteiger partial charge in [0.1, 0.15) is 40.9 Å². The van der Waals surface area contributed by atoms with Crippen LogP contribution in [0.1, 0.15) is 40.7 Å². The van der Waals surface area contributed by atoms with E-state index in [0.717, 1.165) is 10.2 Å². The van der Waals surface area contributed by atoms with Gasteiger partial charge in [-0.2, -0.15) is 5.10 Å². The number of anilines is 1. The third kappa shape index (κ3) is 5.26. The van der Waals surface area contributed by atoms with Crippen molar-refractivity contribution < 1.29 is 27.8 Å². The Morgan fingerprint density at radius 1 is 1.30 bits per heavy atom. The van der Waals surface area contributed by atoms with Gasteiger partial charge in [0.2, 0.25) is 0 Å². The number of hydrogen-bond acceptors (Lipinski definition) is 7. The number of likely N-dealkylation sites (N-methyl/N-ethyl adjacent to an activating group) is 1. The summed E-state index contributed by atoms with van der Waals surface area (Å²) >= 11 is 0. The van der Waals surface area contributed by atoms with Crippen molar-refractivity contribution in [3.05, 3.63) is 65.0 Å². The molecule has 37 heavy (non-hydrogen) atoms. The number of aliphatic hydroxyl groups is 1. The van der Waals surface area contributed by atoms with Crippen LogP contribution in [0.2, 0.25) is 0 Å². The summed E-state index contributed by atoms with van der Waals surface area (Å²) < 4.78 is 49.2. The van der Waals surface area contributed by atoms with Crippen LogP contribution in [0.4, 0.5) is 19.0 Å². The van der Waals surface area contributed by atoms with E-state index in [1.54, 1.807) is 36.1 Å². The molecule has 0 radical (unpaired) electrons. The first-order valence-corrected chi connectivity index (χ1v) is 11.7.